The molecule has 3 aromatic rings. The first-order valence-corrected chi connectivity index (χ1v) is 13.0. The van der Waals surface area contributed by atoms with Crippen molar-refractivity contribution in [1.29, 1.82) is 0 Å². The fourth-order valence-corrected chi connectivity index (χ4v) is 4.23. The minimum atomic E-state index is -0.185. The molecule has 2 N–H and O–H groups in total. The number of piperazine rings is 1. The van der Waals surface area contributed by atoms with Crippen molar-refractivity contribution >= 4 is 23.3 Å². The van der Waals surface area contributed by atoms with Gasteiger partial charge in [0.15, 0.2) is 5.82 Å². The van der Waals surface area contributed by atoms with Crippen LogP contribution in [0.3, 0.4) is 0 Å². The second-order valence-electron chi connectivity index (χ2n) is 10.1. The van der Waals surface area contributed by atoms with Gasteiger partial charge < -0.3 is 15.5 Å². The quantitative estimate of drug-likeness (QED) is 0.495. The Hall–Kier alpha value is -4.06. The number of likely N-dealkylation sites (N-methyl/N-ethyl adjacent to an activating group) is 1. The average Bonchev–Trinajstić information content (AvgIpc) is 3.77. The Morgan fingerprint density at radius 1 is 0.921 bits per heavy atom. The monoisotopic (exact) mass is 508 g/mol. The molecule has 1 aliphatic carbocycles. The Morgan fingerprint density at radius 2 is 1.68 bits per heavy atom. The van der Waals surface area contributed by atoms with Gasteiger partial charge in [-0.25, -0.2) is 0 Å². The molecule has 1 aliphatic heterocycles. The third kappa shape index (κ3) is 6.82. The summed E-state index contributed by atoms with van der Waals surface area (Å²) in [6, 6.07) is 17.0. The molecule has 2 heterocycles. The van der Waals surface area contributed by atoms with Crippen LogP contribution in [0.2, 0.25) is 0 Å². The topological polar surface area (TPSA) is 90.5 Å². The second kappa shape index (κ2) is 11.5. The molecule has 5 rings (SSSR count). The van der Waals surface area contributed by atoms with E-state index in [9.17, 15) is 9.59 Å². The van der Waals surface area contributed by atoms with Gasteiger partial charge in [-0.15, -0.1) is 10.2 Å². The minimum absolute atomic E-state index is 0.00884. The van der Waals surface area contributed by atoms with Crippen LogP contribution < -0.4 is 10.6 Å². The van der Waals surface area contributed by atoms with Gasteiger partial charge in [-0.2, -0.15) is 0 Å². The molecular formula is C30H32N6O2. The summed E-state index contributed by atoms with van der Waals surface area (Å²) in [4.78, 5) is 29.6. The summed E-state index contributed by atoms with van der Waals surface area (Å²) in [5, 5.41) is 13.9. The molecule has 194 valence electrons. The van der Waals surface area contributed by atoms with Gasteiger partial charge in [0.25, 0.3) is 5.91 Å². The third-order valence-corrected chi connectivity index (χ3v) is 6.90. The highest BCUT2D eigenvalue weighted by atomic mass is 16.2. The zero-order chi connectivity index (χ0) is 26.5. The van der Waals surface area contributed by atoms with Crippen LogP contribution in [-0.2, 0) is 11.3 Å². The van der Waals surface area contributed by atoms with Gasteiger partial charge in [0.1, 0.15) is 5.69 Å². The van der Waals surface area contributed by atoms with Crippen molar-refractivity contribution in [1.82, 2.24) is 20.0 Å². The van der Waals surface area contributed by atoms with E-state index in [-0.39, 0.29) is 17.7 Å². The van der Waals surface area contributed by atoms with Crippen LogP contribution in [0, 0.1) is 24.7 Å². The van der Waals surface area contributed by atoms with E-state index in [0.29, 0.717) is 17.1 Å². The number of carbonyl (C=O) groups is 2. The Labute approximate surface area is 223 Å². The number of aromatic nitrogens is 2. The molecule has 1 aromatic heterocycles. The van der Waals surface area contributed by atoms with Crippen LogP contribution in [-0.4, -0.2) is 65.0 Å². The van der Waals surface area contributed by atoms with Crippen LogP contribution >= 0.6 is 0 Å². The van der Waals surface area contributed by atoms with Crippen LogP contribution in [0.4, 0.5) is 11.5 Å². The van der Waals surface area contributed by atoms with E-state index >= 15 is 0 Å². The SMILES string of the molecule is Cc1ccc(C(=O)Nc2ccc(CN3CCN(C)CC3)cc2)cc1C#Cc1ccc(NC(=O)C2CC2)nn1. The number of anilines is 2. The van der Waals surface area contributed by atoms with Gasteiger partial charge in [-0.3, -0.25) is 14.5 Å². The second-order valence-corrected chi connectivity index (χ2v) is 10.1. The molecule has 2 aromatic carbocycles. The largest absolute Gasteiger partial charge is 0.322 e. The summed E-state index contributed by atoms with van der Waals surface area (Å²) >= 11 is 0. The summed E-state index contributed by atoms with van der Waals surface area (Å²) in [5.74, 6) is 6.44. The minimum Gasteiger partial charge on any atom is -0.322 e. The lowest BCUT2D eigenvalue weighted by molar-refractivity contribution is -0.117. The number of nitrogens with one attached hydrogen (secondary N) is 2. The normalized spacial score (nSPS) is 15.8. The molecule has 0 spiro atoms. The molecule has 0 unspecified atom stereocenters. The van der Waals surface area contributed by atoms with Gasteiger partial charge >= 0.3 is 0 Å². The summed E-state index contributed by atoms with van der Waals surface area (Å²) in [7, 11) is 2.16. The van der Waals surface area contributed by atoms with Crippen molar-refractivity contribution in [3.8, 4) is 11.8 Å². The number of rotatable bonds is 6. The molecule has 38 heavy (non-hydrogen) atoms. The number of hydrogen-bond donors (Lipinski definition) is 2. The molecule has 2 amide bonds. The van der Waals surface area contributed by atoms with Crippen LogP contribution in [0.1, 0.15) is 45.6 Å². The fourth-order valence-electron chi connectivity index (χ4n) is 4.23. The van der Waals surface area contributed by atoms with Gasteiger partial charge in [-0.05, 0) is 80.3 Å². The highest BCUT2D eigenvalue weighted by molar-refractivity contribution is 6.04. The van der Waals surface area contributed by atoms with Gasteiger partial charge in [0.2, 0.25) is 5.91 Å². The predicted octanol–water partition coefficient (Wildman–Crippen LogP) is 3.53. The number of amides is 2. The van der Waals surface area contributed by atoms with Gasteiger partial charge in [0, 0.05) is 55.5 Å². The average molecular weight is 509 g/mol. The Kier molecular flexibility index (Phi) is 7.78. The van der Waals surface area contributed by atoms with Crippen LogP contribution in [0.15, 0.2) is 54.6 Å². The van der Waals surface area contributed by atoms with Gasteiger partial charge in [-0.1, -0.05) is 24.1 Å². The van der Waals surface area contributed by atoms with Crippen molar-refractivity contribution in [3.63, 3.8) is 0 Å². The van der Waals surface area contributed by atoms with Crippen LogP contribution in [0.25, 0.3) is 0 Å². The zero-order valence-electron chi connectivity index (χ0n) is 21.8. The molecule has 0 bridgehead atoms. The maximum Gasteiger partial charge on any atom is 0.255 e. The molecule has 0 radical (unpaired) electrons. The van der Waals surface area contributed by atoms with Crippen molar-refractivity contribution in [2.24, 2.45) is 5.92 Å². The van der Waals surface area contributed by atoms with Crippen molar-refractivity contribution in [2.75, 3.05) is 43.9 Å². The molecule has 1 saturated heterocycles. The molecule has 2 aliphatic rings. The van der Waals surface area contributed by atoms with E-state index in [2.05, 4.69) is 61.7 Å². The number of nitrogens with zero attached hydrogens (tertiary/aromatic N) is 4. The van der Waals surface area contributed by atoms with Crippen LogP contribution in [0.5, 0.6) is 0 Å². The molecular weight excluding hydrogens is 476 g/mol. The highest BCUT2D eigenvalue weighted by Crippen LogP contribution is 2.29. The molecule has 8 nitrogen and oxygen atoms in total. The predicted molar refractivity (Wildman–Crippen MR) is 148 cm³/mol. The lowest BCUT2D eigenvalue weighted by Gasteiger charge is -2.32. The first-order chi connectivity index (χ1) is 18.4. The maximum absolute atomic E-state index is 12.9. The summed E-state index contributed by atoms with van der Waals surface area (Å²) in [6.07, 6.45) is 1.87. The standard InChI is InChI=1S/C30H32N6O2/c1-21-3-6-25(19-24(21)9-12-27-13-14-28(34-33-27)32-29(37)23-7-8-23)30(38)31-26-10-4-22(5-11-26)20-36-17-15-35(2)16-18-36/h3-6,10-11,13-14,19,23H,7-8,15-18,20H2,1-2H3,(H,31,38)(H,32,34,37). The number of carbonyl (C=O) groups excluding carboxylic acids is 2. The van der Waals surface area contributed by atoms with E-state index in [1.807, 2.05) is 25.1 Å². The van der Waals surface area contributed by atoms with E-state index in [0.717, 1.165) is 62.4 Å². The Morgan fingerprint density at radius 3 is 2.37 bits per heavy atom. The van der Waals surface area contributed by atoms with Gasteiger partial charge in [0.05, 0.1) is 0 Å². The fraction of sp³-hybridized carbons (Fsp3) is 0.333. The third-order valence-electron chi connectivity index (χ3n) is 6.90. The molecule has 8 heteroatoms. The number of aryl methyl sites for hydroxylation is 1. The summed E-state index contributed by atoms with van der Waals surface area (Å²) in [5.41, 5.74) is 4.72. The first kappa shape index (κ1) is 25.6. The van der Waals surface area contributed by atoms with E-state index in [1.54, 1.807) is 24.3 Å². The first-order valence-electron chi connectivity index (χ1n) is 13.0. The summed E-state index contributed by atoms with van der Waals surface area (Å²) in [6.45, 7) is 7.21. The van der Waals surface area contributed by atoms with E-state index < -0.39 is 0 Å². The van der Waals surface area contributed by atoms with Crippen molar-refractivity contribution in [3.05, 3.63) is 82.5 Å². The van der Waals surface area contributed by atoms with E-state index in [1.165, 1.54) is 5.56 Å². The lowest BCUT2D eigenvalue weighted by atomic mass is 10.0. The van der Waals surface area contributed by atoms with Crippen molar-refractivity contribution < 1.29 is 9.59 Å². The molecule has 0 atom stereocenters. The summed E-state index contributed by atoms with van der Waals surface area (Å²) < 4.78 is 0. The van der Waals surface area contributed by atoms with E-state index in [4.69, 9.17) is 0 Å². The number of benzene rings is 2. The lowest BCUT2D eigenvalue weighted by Crippen LogP contribution is -2.43. The number of hydrogen-bond acceptors (Lipinski definition) is 6. The maximum atomic E-state index is 12.9. The molecule has 1 saturated carbocycles. The highest BCUT2D eigenvalue weighted by Gasteiger charge is 2.29. The molecule has 2 fully saturated rings. The van der Waals surface area contributed by atoms with Crippen molar-refractivity contribution in [2.45, 2.75) is 26.3 Å². The smallest absolute Gasteiger partial charge is 0.255 e. The zero-order valence-corrected chi connectivity index (χ0v) is 21.8. The Balaban J connectivity index is 1.19. The Bertz CT molecular complexity index is 1360.